The topological polar surface area (TPSA) is 85.6 Å². The van der Waals surface area contributed by atoms with Crippen LogP contribution in [-0.2, 0) is 0 Å². The standard InChI is InChI=1S/C24H20ClN3O4S/c1-3-31-17-8-4-14(5-9-17)23-27-19-13-16(7-11-21(19)32-23)26-24(33)28-22(29)18-12-15(25)6-10-20(18)30-2/h4-13H,3H2,1-2H3,(H2,26,28,29,33). The largest absolute Gasteiger partial charge is 0.496 e. The SMILES string of the molecule is CCOc1ccc(-c2nc3cc(NC(=S)NC(=O)c4cc(Cl)ccc4OC)ccc3o2)cc1. The number of aromatic nitrogens is 1. The molecule has 0 unspecified atom stereocenters. The Morgan fingerprint density at radius 1 is 1.12 bits per heavy atom. The lowest BCUT2D eigenvalue weighted by atomic mass is 10.2. The fourth-order valence-corrected chi connectivity index (χ4v) is 3.56. The average Bonchev–Trinajstić information content (AvgIpc) is 3.23. The fraction of sp³-hybridized carbons (Fsp3) is 0.125. The molecule has 0 saturated carbocycles. The van der Waals surface area contributed by atoms with Crippen LogP contribution in [0, 0.1) is 0 Å². The Labute approximate surface area is 200 Å². The van der Waals surface area contributed by atoms with Gasteiger partial charge in [0.15, 0.2) is 10.7 Å². The lowest BCUT2D eigenvalue weighted by Crippen LogP contribution is -2.34. The first-order valence-corrected chi connectivity index (χ1v) is 10.8. The van der Waals surface area contributed by atoms with Crippen LogP contribution in [0.3, 0.4) is 0 Å². The summed E-state index contributed by atoms with van der Waals surface area (Å²) in [6.07, 6.45) is 0. The van der Waals surface area contributed by atoms with Gasteiger partial charge in [-0.25, -0.2) is 4.98 Å². The van der Waals surface area contributed by atoms with Gasteiger partial charge < -0.3 is 19.2 Å². The third-order valence-corrected chi connectivity index (χ3v) is 5.13. The van der Waals surface area contributed by atoms with Crippen LogP contribution in [0.15, 0.2) is 65.1 Å². The molecule has 1 heterocycles. The van der Waals surface area contributed by atoms with Crippen molar-refractivity contribution in [2.45, 2.75) is 6.92 Å². The molecular formula is C24H20ClN3O4S. The van der Waals surface area contributed by atoms with Crippen molar-refractivity contribution in [3.63, 3.8) is 0 Å². The minimum atomic E-state index is -0.438. The normalized spacial score (nSPS) is 10.6. The second-order valence-corrected chi connectivity index (χ2v) is 7.76. The van der Waals surface area contributed by atoms with Gasteiger partial charge in [0.05, 0.1) is 19.3 Å². The maximum Gasteiger partial charge on any atom is 0.261 e. The van der Waals surface area contributed by atoms with E-state index in [1.165, 1.54) is 13.2 Å². The summed E-state index contributed by atoms with van der Waals surface area (Å²) in [7, 11) is 1.48. The van der Waals surface area contributed by atoms with Crippen LogP contribution in [0.2, 0.25) is 5.02 Å². The third-order valence-electron chi connectivity index (χ3n) is 4.69. The molecular weight excluding hydrogens is 462 g/mol. The van der Waals surface area contributed by atoms with E-state index in [0.29, 0.717) is 40.1 Å². The first-order chi connectivity index (χ1) is 16.0. The van der Waals surface area contributed by atoms with E-state index < -0.39 is 5.91 Å². The van der Waals surface area contributed by atoms with Crippen molar-refractivity contribution in [3.05, 3.63) is 71.2 Å². The van der Waals surface area contributed by atoms with Gasteiger partial charge >= 0.3 is 0 Å². The van der Waals surface area contributed by atoms with Crippen molar-refractivity contribution < 1.29 is 18.7 Å². The van der Waals surface area contributed by atoms with E-state index in [4.69, 9.17) is 37.7 Å². The van der Waals surface area contributed by atoms with Gasteiger partial charge in [0.1, 0.15) is 17.0 Å². The van der Waals surface area contributed by atoms with Gasteiger partial charge in [0.25, 0.3) is 5.91 Å². The summed E-state index contributed by atoms with van der Waals surface area (Å²) in [6, 6.07) is 17.7. The molecule has 4 rings (SSSR count). The molecule has 0 saturated heterocycles. The summed E-state index contributed by atoms with van der Waals surface area (Å²) in [6.45, 7) is 2.54. The number of oxazole rings is 1. The maximum atomic E-state index is 12.6. The summed E-state index contributed by atoms with van der Waals surface area (Å²) in [5, 5.41) is 6.15. The van der Waals surface area contributed by atoms with E-state index in [1.807, 2.05) is 31.2 Å². The number of hydrogen-bond acceptors (Lipinski definition) is 6. The van der Waals surface area contributed by atoms with E-state index in [1.54, 1.807) is 30.3 Å². The number of benzene rings is 3. The number of thiocarbonyl (C=S) groups is 1. The third kappa shape index (κ3) is 5.24. The zero-order chi connectivity index (χ0) is 23.4. The molecule has 0 atom stereocenters. The van der Waals surface area contributed by atoms with E-state index >= 15 is 0 Å². The number of carbonyl (C=O) groups excluding carboxylic acids is 1. The minimum Gasteiger partial charge on any atom is -0.496 e. The van der Waals surface area contributed by atoms with Crippen molar-refractivity contribution in [2.75, 3.05) is 19.0 Å². The van der Waals surface area contributed by atoms with Crippen LogP contribution in [0.25, 0.3) is 22.6 Å². The van der Waals surface area contributed by atoms with Crippen LogP contribution in [0.1, 0.15) is 17.3 Å². The molecule has 0 bridgehead atoms. The molecule has 4 aromatic rings. The molecule has 7 nitrogen and oxygen atoms in total. The van der Waals surface area contributed by atoms with Gasteiger partial charge in [-0.05, 0) is 79.8 Å². The molecule has 1 amide bonds. The number of fused-ring (bicyclic) bond motifs is 1. The van der Waals surface area contributed by atoms with Crippen LogP contribution in [0.5, 0.6) is 11.5 Å². The first kappa shape index (κ1) is 22.6. The highest BCUT2D eigenvalue weighted by Gasteiger charge is 2.15. The monoisotopic (exact) mass is 481 g/mol. The molecule has 168 valence electrons. The van der Waals surface area contributed by atoms with Crippen LogP contribution < -0.4 is 20.1 Å². The number of amides is 1. The van der Waals surface area contributed by atoms with Crippen LogP contribution in [0.4, 0.5) is 5.69 Å². The Morgan fingerprint density at radius 2 is 1.91 bits per heavy atom. The number of nitrogens with one attached hydrogen (secondary N) is 2. The van der Waals surface area contributed by atoms with Crippen molar-refractivity contribution in [1.82, 2.24) is 10.3 Å². The molecule has 0 radical (unpaired) electrons. The van der Waals surface area contributed by atoms with Crippen molar-refractivity contribution in [1.29, 1.82) is 0 Å². The smallest absolute Gasteiger partial charge is 0.261 e. The zero-order valence-corrected chi connectivity index (χ0v) is 19.4. The number of rotatable bonds is 6. The summed E-state index contributed by atoms with van der Waals surface area (Å²) in [4.78, 5) is 17.2. The van der Waals surface area contributed by atoms with Gasteiger partial charge in [-0.1, -0.05) is 11.6 Å². The molecule has 0 aliphatic carbocycles. The van der Waals surface area contributed by atoms with Gasteiger partial charge in [0.2, 0.25) is 5.89 Å². The fourth-order valence-electron chi connectivity index (χ4n) is 3.18. The summed E-state index contributed by atoms with van der Waals surface area (Å²) >= 11 is 11.3. The van der Waals surface area contributed by atoms with Gasteiger partial charge in [-0.15, -0.1) is 0 Å². The van der Waals surface area contributed by atoms with E-state index in [0.717, 1.165) is 11.3 Å². The summed E-state index contributed by atoms with van der Waals surface area (Å²) < 4.78 is 16.6. The molecule has 3 aromatic carbocycles. The highest BCUT2D eigenvalue weighted by Crippen LogP contribution is 2.28. The number of methoxy groups -OCH3 is 1. The van der Waals surface area contributed by atoms with Crippen LogP contribution in [-0.4, -0.2) is 29.7 Å². The Morgan fingerprint density at radius 3 is 2.64 bits per heavy atom. The Balaban J connectivity index is 1.47. The van der Waals surface area contributed by atoms with Crippen LogP contribution >= 0.6 is 23.8 Å². The van der Waals surface area contributed by atoms with Crippen molar-refractivity contribution >= 4 is 51.6 Å². The average molecular weight is 482 g/mol. The highest BCUT2D eigenvalue weighted by molar-refractivity contribution is 7.80. The first-order valence-electron chi connectivity index (χ1n) is 10.1. The quantitative estimate of drug-likeness (QED) is 0.342. The molecule has 2 N–H and O–H groups in total. The number of ether oxygens (including phenoxy) is 2. The predicted molar refractivity (Wildman–Crippen MR) is 132 cm³/mol. The van der Waals surface area contributed by atoms with E-state index in [2.05, 4.69) is 15.6 Å². The lowest BCUT2D eigenvalue weighted by molar-refractivity contribution is 0.0974. The molecule has 0 fully saturated rings. The molecule has 0 aliphatic heterocycles. The maximum absolute atomic E-state index is 12.6. The number of nitrogens with zero attached hydrogens (tertiary/aromatic N) is 1. The number of halogens is 1. The molecule has 1 aromatic heterocycles. The van der Waals surface area contributed by atoms with E-state index in [-0.39, 0.29) is 10.7 Å². The minimum absolute atomic E-state index is 0.122. The Hall–Kier alpha value is -3.62. The molecule has 9 heteroatoms. The van der Waals surface area contributed by atoms with Crippen molar-refractivity contribution in [2.24, 2.45) is 0 Å². The Kier molecular flexibility index (Phi) is 6.76. The van der Waals surface area contributed by atoms with Gasteiger partial charge in [0, 0.05) is 16.3 Å². The highest BCUT2D eigenvalue weighted by atomic mass is 35.5. The number of anilines is 1. The second-order valence-electron chi connectivity index (χ2n) is 6.91. The Bertz CT molecular complexity index is 1320. The molecule has 33 heavy (non-hydrogen) atoms. The number of carbonyl (C=O) groups is 1. The molecule has 0 spiro atoms. The second kappa shape index (κ2) is 9.89. The predicted octanol–water partition coefficient (Wildman–Crippen LogP) is 5.68. The van der Waals surface area contributed by atoms with Crippen molar-refractivity contribution in [3.8, 4) is 23.0 Å². The van der Waals surface area contributed by atoms with E-state index in [9.17, 15) is 4.79 Å². The van der Waals surface area contributed by atoms with Gasteiger partial charge in [-0.3, -0.25) is 10.1 Å². The lowest BCUT2D eigenvalue weighted by Gasteiger charge is -2.12. The number of hydrogen-bond donors (Lipinski definition) is 2. The molecule has 0 aliphatic rings. The zero-order valence-electron chi connectivity index (χ0n) is 17.8. The summed E-state index contributed by atoms with van der Waals surface area (Å²) in [5.41, 5.74) is 3.04. The van der Waals surface area contributed by atoms with Gasteiger partial charge in [-0.2, -0.15) is 0 Å². The summed E-state index contributed by atoms with van der Waals surface area (Å²) in [5.74, 6) is 1.24.